The lowest BCUT2D eigenvalue weighted by Gasteiger charge is -2.71. The number of carbonyl (C=O) groups is 1. The Labute approximate surface area is 450 Å². The minimum Gasteiger partial charge on any atom is -0.432 e. The highest BCUT2D eigenvalue weighted by atomic mass is 16.8. The standard InChI is InChI=1S/C57H86O20/c1-52(2)19-20-57(30(21-52)29-13-14-36-54(5)17-16-38(69-23-28-11-9-8-10-12-28)53(3,4)35(54)15-18-55(36,6)56(29,7)22-37(57)61)51(68)77-50-46(40(63)32(59)25-72-50)76-48-43(66)41(64)34(27-73-48)74-49-44(67)45(33(60)26-71-49)75-47-42(65)39(62)31(58)24-70-47/h8-13,30-50,58-67H,14-27H2,1-7H3/t30?,31-,32+,33-,34+,35?,36?,37-,38+,39+,40+,41-,42-,43-,44-,45+,46-,47+,48+,49+,50+,54+,55-,56-,57-/m1/s1. The molecule has 4 aliphatic heterocycles. The molecular weight excluding hydrogens is 1000 g/mol. The normalized spacial score (nSPS) is 50.5. The highest BCUT2D eigenvalue weighted by Crippen LogP contribution is 2.76. The fourth-order valence-electron chi connectivity index (χ4n) is 16.4. The second-order valence-electron chi connectivity index (χ2n) is 26.4. The van der Waals surface area contributed by atoms with E-state index in [0.717, 1.165) is 32.1 Å². The first kappa shape index (κ1) is 57.9. The molecule has 0 radical (unpaired) electrons. The van der Waals surface area contributed by atoms with Gasteiger partial charge < -0.3 is 93.7 Å². The molecule has 0 amide bonds. The molecule has 10 N–H and O–H groups in total. The fraction of sp³-hybridized carbons (Fsp3) is 0.842. The van der Waals surface area contributed by atoms with Gasteiger partial charge in [-0.3, -0.25) is 4.79 Å². The van der Waals surface area contributed by atoms with Gasteiger partial charge in [0.05, 0.1) is 45.2 Å². The van der Waals surface area contributed by atoms with E-state index in [0.29, 0.717) is 44.1 Å². The molecule has 0 spiro atoms. The second kappa shape index (κ2) is 21.5. The van der Waals surface area contributed by atoms with Crippen LogP contribution >= 0.6 is 0 Å². The number of rotatable bonds is 11. The Kier molecular flexibility index (Phi) is 16.2. The van der Waals surface area contributed by atoms with Crippen molar-refractivity contribution >= 4 is 5.97 Å². The van der Waals surface area contributed by atoms with Crippen LogP contribution in [0, 0.1) is 50.2 Å². The molecule has 25 atom stereocenters. The minimum atomic E-state index is -1.90. The van der Waals surface area contributed by atoms with Gasteiger partial charge in [-0.05, 0) is 108 Å². The summed E-state index contributed by atoms with van der Waals surface area (Å²) in [5, 5.41) is 110. The molecule has 20 heteroatoms. The smallest absolute Gasteiger partial charge is 0.317 e. The lowest BCUT2D eigenvalue weighted by atomic mass is 9.33. The van der Waals surface area contributed by atoms with Crippen LogP contribution in [0.2, 0.25) is 0 Å². The SMILES string of the molecule is CC1(C)CC[C@@]2(C(=O)O[C@@H]3OC[C@H](O)[C@H](O)[C@H]3O[C@@H]3OC[C@H](O[C@@H]4OC[C@@H](O)[C@H](O[C@@H]5OC[C@@H](O)[C@H](O)[C@H]5O)[C@H]4O)[C@@H](O)[C@H]3O)C(C1)C1=CCC3[C@@]4(C)CC[C@H](OCc5ccccc5)C(C)(C)C4CC[C@@]3(C)[C@]1(C)C[C@H]2O. The molecule has 10 rings (SSSR count). The van der Waals surface area contributed by atoms with Crippen molar-refractivity contribution < 1.29 is 98.5 Å². The van der Waals surface area contributed by atoms with Gasteiger partial charge >= 0.3 is 5.97 Å². The fourth-order valence-corrected chi connectivity index (χ4v) is 16.4. The van der Waals surface area contributed by atoms with Gasteiger partial charge in [0.25, 0.3) is 0 Å². The number of fused-ring (bicyclic) bond motifs is 7. The summed E-state index contributed by atoms with van der Waals surface area (Å²) in [7, 11) is 0. The monoisotopic (exact) mass is 1090 g/mol. The molecular formula is C57H86O20. The van der Waals surface area contributed by atoms with Crippen molar-refractivity contribution in [2.45, 2.75) is 223 Å². The number of carbonyl (C=O) groups excluding carboxylic acids is 1. The first-order valence-corrected chi connectivity index (χ1v) is 28.1. The van der Waals surface area contributed by atoms with Crippen LogP contribution < -0.4 is 0 Å². The van der Waals surface area contributed by atoms with Crippen molar-refractivity contribution in [1.82, 2.24) is 0 Å². The predicted molar refractivity (Wildman–Crippen MR) is 269 cm³/mol. The summed E-state index contributed by atoms with van der Waals surface area (Å²) >= 11 is 0. The first-order chi connectivity index (χ1) is 36.3. The van der Waals surface area contributed by atoms with Crippen LogP contribution in [-0.2, 0) is 54.0 Å². The van der Waals surface area contributed by atoms with Crippen molar-refractivity contribution in [2.75, 3.05) is 26.4 Å². The summed E-state index contributed by atoms with van der Waals surface area (Å²) in [4.78, 5) is 15.3. The van der Waals surface area contributed by atoms with E-state index in [2.05, 4.69) is 66.7 Å². The first-order valence-electron chi connectivity index (χ1n) is 28.1. The topological polar surface area (TPSA) is 302 Å². The molecule has 1 aromatic carbocycles. The van der Waals surface area contributed by atoms with Crippen molar-refractivity contribution in [1.29, 1.82) is 0 Å². The zero-order valence-corrected chi connectivity index (χ0v) is 45.5. The second-order valence-corrected chi connectivity index (χ2v) is 26.4. The summed E-state index contributed by atoms with van der Waals surface area (Å²) in [5.41, 5.74) is 0.0553. The highest BCUT2D eigenvalue weighted by molar-refractivity contribution is 5.80. The van der Waals surface area contributed by atoms with Crippen LogP contribution in [0.5, 0.6) is 0 Å². The van der Waals surface area contributed by atoms with Crippen molar-refractivity contribution in [3.8, 4) is 0 Å². The summed E-state index contributed by atoms with van der Waals surface area (Å²) < 4.78 is 53.1. The Morgan fingerprint density at radius 1 is 0.597 bits per heavy atom. The number of benzene rings is 1. The van der Waals surface area contributed by atoms with Crippen molar-refractivity contribution in [3.63, 3.8) is 0 Å². The number of hydrogen-bond acceptors (Lipinski definition) is 20. The van der Waals surface area contributed by atoms with Gasteiger partial charge in [0.2, 0.25) is 6.29 Å². The summed E-state index contributed by atoms with van der Waals surface area (Å²) in [6.07, 6.45) is -17.8. The molecule has 3 unspecified atom stereocenters. The summed E-state index contributed by atoms with van der Waals surface area (Å²) in [6, 6.07) is 10.3. The van der Waals surface area contributed by atoms with E-state index in [1.54, 1.807) is 0 Å². The molecule has 4 saturated carbocycles. The van der Waals surface area contributed by atoms with Gasteiger partial charge in [-0.1, -0.05) is 90.4 Å². The van der Waals surface area contributed by atoms with Gasteiger partial charge in [0, 0.05) is 0 Å². The Morgan fingerprint density at radius 2 is 1.21 bits per heavy atom. The van der Waals surface area contributed by atoms with E-state index in [-0.39, 0.29) is 27.8 Å². The van der Waals surface area contributed by atoms with E-state index in [9.17, 15) is 51.1 Å². The molecule has 9 aliphatic rings. The van der Waals surface area contributed by atoms with E-state index in [1.807, 2.05) is 18.2 Å². The molecule has 4 saturated heterocycles. The highest BCUT2D eigenvalue weighted by Gasteiger charge is 2.72. The van der Waals surface area contributed by atoms with E-state index in [1.165, 1.54) is 11.1 Å². The third kappa shape index (κ3) is 9.90. The molecule has 77 heavy (non-hydrogen) atoms. The Bertz CT molecular complexity index is 2270. The molecule has 4 heterocycles. The lowest BCUT2D eigenvalue weighted by Crippen LogP contribution is -2.68. The number of aliphatic hydroxyl groups is 10. The van der Waals surface area contributed by atoms with Crippen molar-refractivity contribution in [2.24, 2.45) is 50.2 Å². The lowest BCUT2D eigenvalue weighted by molar-refractivity contribution is -0.365. The molecule has 0 aromatic heterocycles. The maximum absolute atomic E-state index is 15.3. The quantitative estimate of drug-likeness (QED) is 0.111. The Hall–Kier alpha value is -2.29. The van der Waals surface area contributed by atoms with Crippen LogP contribution in [0.25, 0.3) is 0 Å². The van der Waals surface area contributed by atoms with Gasteiger partial charge in [-0.25, -0.2) is 0 Å². The maximum Gasteiger partial charge on any atom is 0.317 e. The summed E-state index contributed by atoms with van der Waals surface area (Å²) in [5.74, 6) is -0.378. The van der Waals surface area contributed by atoms with Crippen LogP contribution in [0.4, 0.5) is 0 Å². The molecule has 8 fully saturated rings. The third-order valence-electron chi connectivity index (χ3n) is 21.2. The van der Waals surface area contributed by atoms with Crippen LogP contribution in [0.1, 0.15) is 112 Å². The number of aliphatic hydroxyl groups excluding tert-OH is 10. The zero-order valence-electron chi connectivity index (χ0n) is 45.5. The van der Waals surface area contributed by atoms with Gasteiger partial charge in [-0.2, -0.15) is 0 Å². The summed E-state index contributed by atoms with van der Waals surface area (Å²) in [6.45, 7) is 15.3. The number of allylic oxidation sites excluding steroid dienone is 2. The van der Waals surface area contributed by atoms with E-state index < -0.39 is 154 Å². The predicted octanol–water partition coefficient (Wildman–Crippen LogP) is 1.72. The van der Waals surface area contributed by atoms with Gasteiger partial charge in [0.15, 0.2) is 25.0 Å². The van der Waals surface area contributed by atoms with Gasteiger partial charge in [0.1, 0.15) is 72.6 Å². The molecule has 1 aromatic rings. The molecule has 0 bridgehead atoms. The van der Waals surface area contributed by atoms with Crippen LogP contribution in [0.3, 0.4) is 0 Å². The number of hydrogen-bond donors (Lipinski definition) is 10. The molecule has 5 aliphatic carbocycles. The zero-order chi connectivity index (χ0) is 55.4. The van der Waals surface area contributed by atoms with Crippen LogP contribution in [0.15, 0.2) is 42.0 Å². The number of ether oxygens (including phenoxy) is 9. The molecule has 20 nitrogen and oxygen atoms in total. The minimum absolute atomic E-state index is 0.00239. The Morgan fingerprint density at radius 3 is 1.91 bits per heavy atom. The third-order valence-corrected chi connectivity index (χ3v) is 21.2. The molecule has 434 valence electrons. The maximum atomic E-state index is 15.3. The van der Waals surface area contributed by atoms with Gasteiger partial charge in [-0.15, -0.1) is 0 Å². The largest absolute Gasteiger partial charge is 0.432 e. The average Bonchev–Trinajstić information content (AvgIpc) is 3.37. The number of esters is 1. The van der Waals surface area contributed by atoms with E-state index >= 15 is 4.79 Å². The van der Waals surface area contributed by atoms with Crippen molar-refractivity contribution in [3.05, 3.63) is 47.5 Å². The Balaban J connectivity index is 0.834. The van der Waals surface area contributed by atoms with Crippen LogP contribution in [-0.4, -0.2) is 194 Å². The van der Waals surface area contributed by atoms with E-state index in [4.69, 9.17) is 42.6 Å². The average molecular weight is 1090 g/mol.